The van der Waals surface area contributed by atoms with Gasteiger partial charge in [0, 0.05) is 32.7 Å². The van der Waals surface area contributed by atoms with Crippen molar-refractivity contribution in [3.63, 3.8) is 0 Å². The van der Waals surface area contributed by atoms with E-state index in [0.717, 1.165) is 61.1 Å². The highest BCUT2D eigenvalue weighted by Crippen LogP contribution is 2.27. The van der Waals surface area contributed by atoms with Gasteiger partial charge in [-0.3, -0.25) is 0 Å². The van der Waals surface area contributed by atoms with Crippen molar-refractivity contribution in [2.75, 3.05) is 50.0 Å². The zero-order valence-electron chi connectivity index (χ0n) is 11.9. The summed E-state index contributed by atoms with van der Waals surface area (Å²) in [6.45, 7) is 9.18. The Kier molecular flexibility index (Phi) is 4.99. The maximum absolute atomic E-state index is 4.69. The highest BCUT2D eigenvalue weighted by Gasteiger charge is 2.19. The average molecular weight is 328 g/mol. The van der Waals surface area contributed by atoms with Crippen LogP contribution in [0.2, 0.25) is 0 Å². The molecule has 0 bridgehead atoms. The lowest BCUT2D eigenvalue weighted by Gasteiger charge is -2.32. The summed E-state index contributed by atoms with van der Waals surface area (Å²) in [4.78, 5) is 14.0. The van der Waals surface area contributed by atoms with Crippen LogP contribution in [-0.4, -0.2) is 54.6 Å². The summed E-state index contributed by atoms with van der Waals surface area (Å²) in [5.41, 5.74) is 1.07. The minimum Gasteiger partial charge on any atom is -0.369 e. The van der Waals surface area contributed by atoms with Gasteiger partial charge in [0.2, 0.25) is 5.95 Å². The fraction of sp³-hybridized carbons (Fsp3) is 0.692. The molecular formula is C13H22BrN5. The Morgan fingerprint density at radius 2 is 1.84 bits per heavy atom. The topological polar surface area (TPSA) is 44.3 Å². The van der Waals surface area contributed by atoms with Crippen LogP contribution in [0.1, 0.15) is 19.5 Å². The number of anilines is 2. The van der Waals surface area contributed by atoms with Gasteiger partial charge in [0.25, 0.3) is 0 Å². The number of hydrogen-bond donors (Lipinski definition) is 1. The Morgan fingerprint density at radius 3 is 2.42 bits per heavy atom. The number of halogens is 1. The SMILES string of the molecule is CCNc1nc(N2CCN(C)CC2)nc(CC)c1Br. The number of aromatic nitrogens is 2. The van der Waals surface area contributed by atoms with Crippen LogP contribution in [0.3, 0.4) is 0 Å². The fourth-order valence-corrected chi connectivity index (χ4v) is 2.75. The van der Waals surface area contributed by atoms with E-state index < -0.39 is 0 Å². The maximum Gasteiger partial charge on any atom is 0.227 e. The first kappa shape index (κ1) is 14.5. The van der Waals surface area contributed by atoms with Crippen LogP contribution in [0.5, 0.6) is 0 Å². The molecule has 0 spiro atoms. The molecule has 0 atom stereocenters. The molecule has 0 aliphatic carbocycles. The lowest BCUT2D eigenvalue weighted by molar-refractivity contribution is 0.311. The number of likely N-dealkylation sites (N-methyl/N-ethyl adjacent to an activating group) is 1. The molecule has 1 aromatic heterocycles. The molecule has 0 aromatic carbocycles. The quantitative estimate of drug-likeness (QED) is 0.916. The van der Waals surface area contributed by atoms with Crippen molar-refractivity contribution in [3.05, 3.63) is 10.2 Å². The van der Waals surface area contributed by atoms with Crippen molar-refractivity contribution < 1.29 is 0 Å². The second-order valence-electron chi connectivity index (χ2n) is 4.81. The summed E-state index contributed by atoms with van der Waals surface area (Å²) in [6.07, 6.45) is 0.905. The number of nitrogens with one attached hydrogen (secondary N) is 1. The summed E-state index contributed by atoms with van der Waals surface area (Å²) in [5, 5.41) is 3.30. The minimum atomic E-state index is 0.851. The van der Waals surface area contributed by atoms with Crippen LogP contribution < -0.4 is 10.2 Å². The van der Waals surface area contributed by atoms with Crippen molar-refractivity contribution in [1.29, 1.82) is 0 Å². The highest BCUT2D eigenvalue weighted by atomic mass is 79.9. The predicted octanol–water partition coefficient (Wildman–Crippen LogP) is 1.99. The molecule has 0 amide bonds. The van der Waals surface area contributed by atoms with Crippen molar-refractivity contribution in [2.24, 2.45) is 0 Å². The van der Waals surface area contributed by atoms with Crippen LogP contribution in [0, 0.1) is 0 Å². The van der Waals surface area contributed by atoms with Crippen LogP contribution in [0.15, 0.2) is 4.47 Å². The van der Waals surface area contributed by atoms with Crippen LogP contribution >= 0.6 is 15.9 Å². The lowest BCUT2D eigenvalue weighted by atomic mass is 10.3. The molecule has 1 N–H and O–H groups in total. The van der Waals surface area contributed by atoms with Gasteiger partial charge in [-0.25, -0.2) is 4.98 Å². The Labute approximate surface area is 123 Å². The number of aryl methyl sites for hydroxylation is 1. The van der Waals surface area contributed by atoms with Gasteiger partial charge in [0.1, 0.15) is 5.82 Å². The number of rotatable bonds is 4. The van der Waals surface area contributed by atoms with E-state index >= 15 is 0 Å². The average Bonchev–Trinajstić information content (AvgIpc) is 2.42. The smallest absolute Gasteiger partial charge is 0.227 e. The van der Waals surface area contributed by atoms with Gasteiger partial charge in [-0.1, -0.05) is 6.92 Å². The van der Waals surface area contributed by atoms with E-state index in [1.54, 1.807) is 0 Å². The Hall–Kier alpha value is -0.880. The Bertz CT molecular complexity index is 429. The van der Waals surface area contributed by atoms with Gasteiger partial charge in [-0.05, 0) is 36.3 Å². The van der Waals surface area contributed by atoms with Crippen molar-refractivity contribution in [1.82, 2.24) is 14.9 Å². The Balaban J connectivity index is 2.27. The molecule has 1 saturated heterocycles. The van der Waals surface area contributed by atoms with Crippen LogP contribution in [0.4, 0.5) is 11.8 Å². The zero-order chi connectivity index (χ0) is 13.8. The minimum absolute atomic E-state index is 0.851. The molecule has 19 heavy (non-hydrogen) atoms. The van der Waals surface area contributed by atoms with Gasteiger partial charge in [0.15, 0.2) is 0 Å². The third kappa shape index (κ3) is 3.36. The molecule has 0 radical (unpaired) electrons. The molecule has 0 unspecified atom stereocenters. The van der Waals surface area contributed by atoms with Gasteiger partial charge in [-0.15, -0.1) is 0 Å². The van der Waals surface area contributed by atoms with Crippen molar-refractivity contribution in [3.8, 4) is 0 Å². The monoisotopic (exact) mass is 327 g/mol. The van der Waals surface area contributed by atoms with Crippen LogP contribution in [0.25, 0.3) is 0 Å². The van der Waals surface area contributed by atoms with Crippen molar-refractivity contribution >= 4 is 27.7 Å². The normalized spacial score (nSPS) is 16.7. The molecule has 1 aliphatic heterocycles. The molecule has 0 saturated carbocycles. The summed E-state index contributed by atoms with van der Waals surface area (Å²) < 4.78 is 0.995. The fourth-order valence-electron chi connectivity index (χ4n) is 2.15. The van der Waals surface area contributed by atoms with Crippen LogP contribution in [-0.2, 0) is 6.42 Å². The molecule has 1 fully saturated rings. The van der Waals surface area contributed by atoms with Gasteiger partial charge in [0.05, 0.1) is 10.2 Å². The van der Waals surface area contributed by atoms with E-state index in [2.05, 4.69) is 56.9 Å². The molecule has 1 aliphatic rings. The third-order valence-electron chi connectivity index (χ3n) is 3.37. The molecule has 2 rings (SSSR count). The summed E-state index contributed by atoms with van der Waals surface area (Å²) in [6, 6.07) is 0. The van der Waals surface area contributed by atoms with E-state index in [1.165, 1.54) is 0 Å². The largest absolute Gasteiger partial charge is 0.369 e. The van der Waals surface area contributed by atoms with E-state index in [-0.39, 0.29) is 0 Å². The summed E-state index contributed by atoms with van der Waals surface area (Å²) in [5.74, 6) is 1.76. The molecule has 106 valence electrons. The van der Waals surface area contributed by atoms with E-state index in [0.29, 0.717) is 0 Å². The van der Waals surface area contributed by atoms with E-state index in [4.69, 9.17) is 4.98 Å². The molecule has 5 nitrogen and oxygen atoms in total. The van der Waals surface area contributed by atoms with Gasteiger partial charge < -0.3 is 15.1 Å². The lowest BCUT2D eigenvalue weighted by Crippen LogP contribution is -2.45. The first-order chi connectivity index (χ1) is 9.15. The maximum atomic E-state index is 4.69. The summed E-state index contributed by atoms with van der Waals surface area (Å²) in [7, 11) is 2.15. The molecule has 2 heterocycles. The predicted molar refractivity (Wildman–Crippen MR) is 83.0 cm³/mol. The third-order valence-corrected chi connectivity index (χ3v) is 4.21. The zero-order valence-corrected chi connectivity index (χ0v) is 13.5. The second kappa shape index (κ2) is 6.52. The number of piperazine rings is 1. The van der Waals surface area contributed by atoms with E-state index in [1.807, 2.05) is 0 Å². The number of hydrogen-bond acceptors (Lipinski definition) is 5. The van der Waals surface area contributed by atoms with Gasteiger partial charge >= 0.3 is 0 Å². The Morgan fingerprint density at radius 1 is 1.16 bits per heavy atom. The number of nitrogens with zero attached hydrogens (tertiary/aromatic N) is 4. The second-order valence-corrected chi connectivity index (χ2v) is 5.60. The molecule has 6 heteroatoms. The first-order valence-electron chi connectivity index (χ1n) is 6.89. The molecule has 1 aromatic rings. The standard InChI is InChI=1S/C13H22BrN5/c1-4-10-11(14)12(15-5-2)17-13(16-10)19-8-6-18(3)7-9-19/h4-9H2,1-3H3,(H,15,16,17). The highest BCUT2D eigenvalue weighted by molar-refractivity contribution is 9.10. The first-order valence-corrected chi connectivity index (χ1v) is 7.68. The molecular weight excluding hydrogens is 306 g/mol. The summed E-state index contributed by atoms with van der Waals surface area (Å²) >= 11 is 3.60. The van der Waals surface area contributed by atoms with Crippen molar-refractivity contribution in [2.45, 2.75) is 20.3 Å². The van der Waals surface area contributed by atoms with E-state index in [9.17, 15) is 0 Å². The van der Waals surface area contributed by atoms with Gasteiger partial charge in [-0.2, -0.15) is 4.98 Å².